The Morgan fingerprint density at radius 1 is 1.27 bits per heavy atom. The van der Waals surface area contributed by atoms with Gasteiger partial charge in [-0.3, -0.25) is 4.98 Å². The summed E-state index contributed by atoms with van der Waals surface area (Å²) in [5.41, 5.74) is 1.16. The van der Waals surface area contributed by atoms with Crippen LogP contribution in [-0.4, -0.2) is 12.1 Å². The van der Waals surface area contributed by atoms with Gasteiger partial charge in [0, 0.05) is 19.5 Å². The molecular weight excluding hydrogens is 138 g/mol. The Bertz CT molecular complexity index is 162. The fourth-order valence-corrected chi connectivity index (χ4v) is 0.646. The highest BCUT2D eigenvalue weighted by Crippen LogP contribution is 1.95. The van der Waals surface area contributed by atoms with E-state index in [1.165, 1.54) is 0 Å². The van der Waals surface area contributed by atoms with E-state index >= 15 is 0 Å². The molecular formula is C9H15NO. The van der Waals surface area contributed by atoms with E-state index in [1.807, 2.05) is 26.0 Å². The third-order valence-corrected chi connectivity index (χ3v) is 1.06. The molecule has 11 heavy (non-hydrogen) atoms. The molecule has 0 aromatic carbocycles. The molecule has 1 aromatic heterocycles. The summed E-state index contributed by atoms with van der Waals surface area (Å²) < 4.78 is 4.90. The summed E-state index contributed by atoms with van der Waals surface area (Å²) in [6, 6.07) is 3.87. The van der Waals surface area contributed by atoms with Gasteiger partial charge in [0.25, 0.3) is 0 Å². The molecule has 2 nitrogen and oxygen atoms in total. The Labute approximate surface area is 68.2 Å². The monoisotopic (exact) mass is 153 g/mol. The highest BCUT2D eigenvalue weighted by atomic mass is 16.5. The average Bonchev–Trinajstić information content (AvgIpc) is 2.11. The molecule has 0 unspecified atom stereocenters. The molecule has 0 saturated heterocycles. The minimum Gasteiger partial charge on any atom is -0.380 e. The summed E-state index contributed by atoms with van der Waals surface area (Å²) in [4.78, 5) is 3.87. The van der Waals surface area contributed by atoms with Crippen LogP contribution in [-0.2, 0) is 11.3 Å². The molecule has 1 rings (SSSR count). The fourth-order valence-electron chi connectivity index (χ4n) is 0.646. The van der Waals surface area contributed by atoms with Gasteiger partial charge in [-0.2, -0.15) is 0 Å². The highest BCUT2D eigenvalue weighted by molar-refractivity contribution is 5.07. The molecule has 0 amide bonds. The van der Waals surface area contributed by atoms with Crippen molar-refractivity contribution in [3.63, 3.8) is 0 Å². The molecule has 62 valence electrons. The Morgan fingerprint density at radius 3 is 2.27 bits per heavy atom. The van der Waals surface area contributed by atoms with Crippen LogP contribution >= 0.6 is 0 Å². The van der Waals surface area contributed by atoms with E-state index in [4.69, 9.17) is 4.74 Å². The molecule has 2 heteroatoms. The van der Waals surface area contributed by atoms with Crippen molar-refractivity contribution in [2.45, 2.75) is 20.5 Å². The minimum atomic E-state index is 0.669. The lowest BCUT2D eigenvalue weighted by molar-refractivity contribution is 0.185. The van der Waals surface area contributed by atoms with Crippen molar-refractivity contribution in [1.29, 1.82) is 0 Å². The number of aromatic nitrogens is 1. The molecule has 0 aliphatic carbocycles. The standard InChI is InChI=1S/C7H9NO.C2H6/c1-9-6-7-2-4-8-5-3-7;1-2/h2-5H,6H2,1H3;1-2H3. The zero-order valence-corrected chi connectivity index (χ0v) is 7.37. The second kappa shape index (κ2) is 7.22. The Kier molecular flexibility index (Phi) is 6.64. The van der Waals surface area contributed by atoms with Gasteiger partial charge in [-0.25, -0.2) is 0 Å². The van der Waals surface area contributed by atoms with Gasteiger partial charge in [-0.05, 0) is 17.7 Å². The zero-order valence-electron chi connectivity index (χ0n) is 7.37. The predicted molar refractivity (Wildman–Crippen MR) is 46.3 cm³/mol. The van der Waals surface area contributed by atoms with Crippen molar-refractivity contribution >= 4 is 0 Å². The first-order valence-corrected chi connectivity index (χ1v) is 3.81. The normalized spacial score (nSPS) is 8.27. The number of methoxy groups -OCH3 is 1. The number of pyridine rings is 1. The molecule has 1 aromatic rings. The van der Waals surface area contributed by atoms with Crippen LogP contribution in [0.2, 0.25) is 0 Å². The van der Waals surface area contributed by atoms with Crippen molar-refractivity contribution in [3.05, 3.63) is 30.1 Å². The van der Waals surface area contributed by atoms with Gasteiger partial charge < -0.3 is 4.74 Å². The Hall–Kier alpha value is -0.890. The maximum absolute atomic E-state index is 4.90. The molecule has 0 atom stereocenters. The highest BCUT2D eigenvalue weighted by Gasteiger charge is 1.85. The second-order valence-corrected chi connectivity index (χ2v) is 1.79. The molecule has 0 N–H and O–H groups in total. The lowest BCUT2D eigenvalue weighted by Gasteiger charge is -1.94. The zero-order chi connectivity index (χ0) is 8.53. The Morgan fingerprint density at radius 2 is 1.82 bits per heavy atom. The summed E-state index contributed by atoms with van der Waals surface area (Å²) in [7, 11) is 1.68. The molecule has 0 bridgehead atoms. The lowest BCUT2D eigenvalue weighted by atomic mass is 10.3. The van der Waals surface area contributed by atoms with Crippen molar-refractivity contribution in [2.24, 2.45) is 0 Å². The third kappa shape index (κ3) is 4.51. The number of hydrogen-bond acceptors (Lipinski definition) is 2. The van der Waals surface area contributed by atoms with Crippen LogP contribution in [0.1, 0.15) is 19.4 Å². The SMILES string of the molecule is CC.COCc1ccncc1. The van der Waals surface area contributed by atoms with Gasteiger partial charge >= 0.3 is 0 Å². The molecule has 1 heterocycles. The van der Waals surface area contributed by atoms with Crippen LogP contribution in [0.25, 0.3) is 0 Å². The minimum absolute atomic E-state index is 0.669. The molecule has 0 aliphatic heterocycles. The van der Waals surface area contributed by atoms with Crippen LogP contribution < -0.4 is 0 Å². The number of rotatable bonds is 2. The molecule has 0 saturated carbocycles. The van der Waals surface area contributed by atoms with Crippen LogP contribution in [0.3, 0.4) is 0 Å². The van der Waals surface area contributed by atoms with E-state index in [0.717, 1.165) is 5.56 Å². The van der Waals surface area contributed by atoms with Crippen LogP contribution in [0.5, 0.6) is 0 Å². The Balaban J connectivity index is 0.000000461. The van der Waals surface area contributed by atoms with E-state index in [-0.39, 0.29) is 0 Å². The third-order valence-electron chi connectivity index (χ3n) is 1.06. The van der Waals surface area contributed by atoms with Crippen molar-refractivity contribution in [2.75, 3.05) is 7.11 Å². The lowest BCUT2D eigenvalue weighted by Crippen LogP contribution is -1.85. The summed E-state index contributed by atoms with van der Waals surface area (Å²) in [6.45, 7) is 4.67. The topological polar surface area (TPSA) is 22.1 Å². The van der Waals surface area contributed by atoms with Gasteiger partial charge in [0.2, 0.25) is 0 Å². The molecule has 0 aliphatic rings. The van der Waals surface area contributed by atoms with Crippen molar-refractivity contribution in [3.8, 4) is 0 Å². The van der Waals surface area contributed by atoms with Gasteiger partial charge in [-0.15, -0.1) is 0 Å². The fraction of sp³-hybridized carbons (Fsp3) is 0.444. The van der Waals surface area contributed by atoms with Crippen LogP contribution in [0.15, 0.2) is 24.5 Å². The number of hydrogen-bond donors (Lipinski definition) is 0. The summed E-state index contributed by atoms with van der Waals surface area (Å²) in [6.07, 6.45) is 3.52. The summed E-state index contributed by atoms with van der Waals surface area (Å²) in [5.74, 6) is 0. The summed E-state index contributed by atoms with van der Waals surface area (Å²) in [5, 5.41) is 0. The maximum atomic E-state index is 4.90. The number of ether oxygens (including phenoxy) is 1. The smallest absolute Gasteiger partial charge is 0.0714 e. The molecule has 0 fully saturated rings. The first kappa shape index (κ1) is 10.1. The van der Waals surface area contributed by atoms with E-state index < -0.39 is 0 Å². The number of nitrogens with zero attached hydrogens (tertiary/aromatic N) is 1. The van der Waals surface area contributed by atoms with Gasteiger partial charge in [0.1, 0.15) is 0 Å². The van der Waals surface area contributed by atoms with E-state index in [1.54, 1.807) is 19.5 Å². The molecule has 0 radical (unpaired) electrons. The maximum Gasteiger partial charge on any atom is 0.0714 e. The molecule has 0 spiro atoms. The van der Waals surface area contributed by atoms with Crippen LogP contribution in [0.4, 0.5) is 0 Å². The predicted octanol–water partition coefficient (Wildman–Crippen LogP) is 2.25. The van der Waals surface area contributed by atoms with E-state index in [9.17, 15) is 0 Å². The van der Waals surface area contributed by atoms with E-state index in [2.05, 4.69) is 4.98 Å². The van der Waals surface area contributed by atoms with Crippen molar-refractivity contribution in [1.82, 2.24) is 4.98 Å². The quantitative estimate of drug-likeness (QED) is 0.650. The van der Waals surface area contributed by atoms with Gasteiger partial charge in [-0.1, -0.05) is 13.8 Å². The largest absolute Gasteiger partial charge is 0.380 e. The van der Waals surface area contributed by atoms with E-state index in [0.29, 0.717) is 6.61 Å². The van der Waals surface area contributed by atoms with Gasteiger partial charge in [0.05, 0.1) is 6.61 Å². The van der Waals surface area contributed by atoms with Gasteiger partial charge in [0.15, 0.2) is 0 Å². The van der Waals surface area contributed by atoms with Crippen molar-refractivity contribution < 1.29 is 4.74 Å². The van der Waals surface area contributed by atoms with Crippen LogP contribution in [0, 0.1) is 0 Å². The first-order valence-electron chi connectivity index (χ1n) is 3.81. The first-order chi connectivity index (χ1) is 5.43. The second-order valence-electron chi connectivity index (χ2n) is 1.79. The summed E-state index contributed by atoms with van der Waals surface area (Å²) >= 11 is 0. The average molecular weight is 153 g/mol.